The molecule has 3 N–H and O–H groups in total. The summed E-state index contributed by atoms with van der Waals surface area (Å²) in [5.41, 5.74) is 1.23. The molecule has 0 aliphatic carbocycles. The second-order valence-corrected chi connectivity index (χ2v) is 12.0. The van der Waals surface area contributed by atoms with E-state index in [0.717, 1.165) is 22.2 Å². The third kappa shape index (κ3) is 9.07. The van der Waals surface area contributed by atoms with Gasteiger partial charge in [-0.1, -0.05) is 66.2 Å². The Balaban J connectivity index is 1.41. The average molecular weight is 645 g/mol. The van der Waals surface area contributed by atoms with Crippen molar-refractivity contribution in [1.82, 2.24) is 14.7 Å². The number of thioether (sulfide) groups is 2. The van der Waals surface area contributed by atoms with Gasteiger partial charge < -0.3 is 10.6 Å². The van der Waals surface area contributed by atoms with Crippen LogP contribution in [0.5, 0.6) is 0 Å². The maximum absolute atomic E-state index is 13.3. The number of rotatable bonds is 11. The number of benzene rings is 3. The summed E-state index contributed by atoms with van der Waals surface area (Å²) in [6, 6.07) is 20.5. The molecule has 13 heteroatoms. The van der Waals surface area contributed by atoms with Gasteiger partial charge in [0.2, 0.25) is 16.2 Å². The number of carbonyl (C=O) groups excluding carboxylic acids is 3. The summed E-state index contributed by atoms with van der Waals surface area (Å²) in [6.45, 7) is 2.01. The van der Waals surface area contributed by atoms with Gasteiger partial charge in [-0.25, -0.2) is 0 Å². The fourth-order valence-electron chi connectivity index (χ4n) is 3.32. The number of halogens is 2. The highest BCUT2D eigenvalue weighted by molar-refractivity contribution is 8.00. The molecule has 0 bridgehead atoms. The topological polar surface area (TPSA) is 113 Å². The smallest absolute Gasteiger partial charge is 0.272 e. The van der Waals surface area contributed by atoms with Crippen molar-refractivity contribution in [2.45, 2.75) is 17.0 Å². The molecule has 4 rings (SSSR count). The van der Waals surface area contributed by atoms with Crippen LogP contribution in [0.4, 0.5) is 10.8 Å². The lowest BCUT2D eigenvalue weighted by atomic mass is 10.1. The maximum Gasteiger partial charge on any atom is 0.272 e. The fourth-order valence-corrected chi connectivity index (χ4v) is 5.81. The number of amides is 3. The van der Waals surface area contributed by atoms with Crippen LogP contribution >= 0.6 is 58.3 Å². The Kier molecular flexibility index (Phi) is 11.2. The van der Waals surface area contributed by atoms with Crippen molar-refractivity contribution in [3.8, 4) is 0 Å². The molecule has 41 heavy (non-hydrogen) atoms. The zero-order valence-electron chi connectivity index (χ0n) is 21.5. The Hall–Kier alpha value is -3.35. The molecule has 0 radical (unpaired) electrons. The van der Waals surface area contributed by atoms with E-state index in [0.29, 0.717) is 37.1 Å². The summed E-state index contributed by atoms with van der Waals surface area (Å²) < 4.78 is 4.18. The Labute approximate surface area is 259 Å². The van der Waals surface area contributed by atoms with Gasteiger partial charge in [0.1, 0.15) is 5.70 Å². The first-order valence-corrected chi connectivity index (χ1v) is 15.6. The first-order chi connectivity index (χ1) is 19.8. The molecule has 0 aliphatic rings. The number of nitrogens with one attached hydrogen (secondary N) is 3. The van der Waals surface area contributed by atoms with Gasteiger partial charge in [0, 0.05) is 43.3 Å². The van der Waals surface area contributed by atoms with Crippen LogP contribution in [0.1, 0.15) is 22.8 Å². The van der Waals surface area contributed by atoms with E-state index in [4.69, 9.17) is 23.2 Å². The molecule has 0 saturated heterocycles. The molecule has 1 heterocycles. The molecule has 4 aromatic rings. The van der Waals surface area contributed by atoms with Crippen LogP contribution in [0.25, 0.3) is 6.08 Å². The number of hydrogen-bond acceptors (Lipinski definition) is 8. The SMILES string of the molecule is CCSc1nsc(NC(=O)CSc2ccc(NC(=O)/C(=C/c3c(Cl)cccc3Cl)NC(=O)c3ccccc3)cc2)n1. The van der Waals surface area contributed by atoms with Crippen LogP contribution < -0.4 is 16.0 Å². The molecule has 0 saturated carbocycles. The lowest BCUT2D eigenvalue weighted by Gasteiger charge is -2.13. The highest BCUT2D eigenvalue weighted by Gasteiger charge is 2.17. The Morgan fingerprint density at radius 1 is 0.902 bits per heavy atom. The van der Waals surface area contributed by atoms with Gasteiger partial charge in [0.15, 0.2) is 0 Å². The molecule has 3 aromatic carbocycles. The highest BCUT2D eigenvalue weighted by atomic mass is 35.5. The predicted molar refractivity (Wildman–Crippen MR) is 169 cm³/mol. The first kappa shape index (κ1) is 30.6. The third-order valence-electron chi connectivity index (χ3n) is 5.23. The first-order valence-electron chi connectivity index (χ1n) is 12.1. The molecule has 0 aliphatic heterocycles. The summed E-state index contributed by atoms with van der Waals surface area (Å²) in [5.74, 6) is -0.194. The lowest BCUT2D eigenvalue weighted by molar-refractivity contribution is -0.114. The molecule has 210 valence electrons. The predicted octanol–water partition coefficient (Wildman–Crippen LogP) is 7.10. The summed E-state index contributed by atoms with van der Waals surface area (Å²) in [6.07, 6.45) is 1.44. The van der Waals surface area contributed by atoms with Gasteiger partial charge in [-0.3, -0.25) is 19.7 Å². The quantitative estimate of drug-likeness (QED) is 0.118. The molecule has 3 amide bonds. The maximum atomic E-state index is 13.3. The van der Waals surface area contributed by atoms with Gasteiger partial charge in [-0.05, 0) is 60.4 Å². The third-order valence-corrected chi connectivity index (χ3v) is 8.37. The number of nitrogens with zero attached hydrogens (tertiary/aromatic N) is 2. The van der Waals surface area contributed by atoms with Crippen molar-refractivity contribution < 1.29 is 14.4 Å². The molecule has 8 nitrogen and oxygen atoms in total. The number of hydrogen-bond donors (Lipinski definition) is 3. The fraction of sp³-hybridized carbons (Fsp3) is 0.107. The van der Waals surface area contributed by atoms with Crippen LogP contribution in [0, 0.1) is 0 Å². The zero-order chi connectivity index (χ0) is 29.2. The largest absolute Gasteiger partial charge is 0.321 e. The number of aromatic nitrogens is 2. The second kappa shape index (κ2) is 15.0. The molecule has 0 unspecified atom stereocenters. The van der Waals surface area contributed by atoms with Gasteiger partial charge >= 0.3 is 0 Å². The molecular weight excluding hydrogens is 621 g/mol. The second-order valence-electron chi connectivity index (χ2n) is 8.14. The summed E-state index contributed by atoms with van der Waals surface area (Å²) in [4.78, 5) is 43.5. The van der Waals surface area contributed by atoms with E-state index in [-0.39, 0.29) is 17.4 Å². The summed E-state index contributed by atoms with van der Waals surface area (Å²) in [7, 11) is 0. The molecule has 0 spiro atoms. The number of carbonyl (C=O) groups is 3. The molecule has 1 aromatic heterocycles. The normalized spacial score (nSPS) is 11.1. The Morgan fingerprint density at radius 2 is 1.61 bits per heavy atom. The van der Waals surface area contributed by atoms with E-state index in [1.807, 2.05) is 6.92 Å². The van der Waals surface area contributed by atoms with E-state index in [9.17, 15) is 14.4 Å². The monoisotopic (exact) mass is 643 g/mol. The van der Waals surface area contributed by atoms with Gasteiger partial charge in [0.25, 0.3) is 11.8 Å². The average Bonchev–Trinajstić information content (AvgIpc) is 3.41. The van der Waals surface area contributed by atoms with Gasteiger partial charge in [0.05, 0.1) is 5.75 Å². The highest BCUT2D eigenvalue weighted by Crippen LogP contribution is 2.27. The van der Waals surface area contributed by atoms with Crippen molar-refractivity contribution >= 4 is 92.9 Å². The van der Waals surface area contributed by atoms with Crippen LogP contribution in [-0.4, -0.2) is 38.6 Å². The zero-order valence-corrected chi connectivity index (χ0v) is 25.5. The van der Waals surface area contributed by atoms with Crippen molar-refractivity contribution in [3.05, 3.63) is 99.7 Å². The van der Waals surface area contributed by atoms with Crippen molar-refractivity contribution in [2.75, 3.05) is 22.1 Å². The summed E-state index contributed by atoms with van der Waals surface area (Å²) in [5, 5.41) is 9.96. The van der Waals surface area contributed by atoms with E-state index >= 15 is 0 Å². The van der Waals surface area contributed by atoms with Crippen LogP contribution in [-0.2, 0) is 9.59 Å². The van der Waals surface area contributed by atoms with E-state index in [1.54, 1.807) is 72.8 Å². The van der Waals surface area contributed by atoms with E-state index in [2.05, 4.69) is 25.3 Å². The Bertz CT molecular complexity index is 1540. The van der Waals surface area contributed by atoms with Gasteiger partial charge in [-0.15, -0.1) is 11.8 Å². The van der Waals surface area contributed by atoms with E-state index in [1.165, 1.54) is 29.6 Å². The standard InChI is InChI=1S/C28H23Cl2N5O3S3/c1-2-39-28-34-27(41-35-28)33-24(36)16-40-19-13-11-18(12-14-19)31-26(38)23(15-20-21(29)9-6-10-22(20)30)32-25(37)17-7-4-3-5-8-17/h3-15H,2,16H2,1H3,(H,31,38)(H,32,37)(H,33,34,35,36)/b23-15-. The summed E-state index contributed by atoms with van der Waals surface area (Å²) >= 11 is 16.6. The van der Waals surface area contributed by atoms with Crippen molar-refractivity contribution in [1.29, 1.82) is 0 Å². The minimum Gasteiger partial charge on any atom is -0.321 e. The van der Waals surface area contributed by atoms with Crippen LogP contribution in [0.15, 0.2) is 88.5 Å². The molecular formula is C28H23Cl2N5O3S3. The molecule has 0 fully saturated rings. The molecule has 0 atom stereocenters. The van der Waals surface area contributed by atoms with E-state index < -0.39 is 11.8 Å². The lowest BCUT2D eigenvalue weighted by Crippen LogP contribution is -2.30. The van der Waals surface area contributed by atoms with Gasteiger partial charge in [-0.2, -0.15) is 9.36 Å². The van der Waals surface area contributed by atoms with Crippen molar-refractivity contribution in [2.24, 2.45) is 0 Å². The van der Waals surface area contributed by atoms with Crippen molar-refractivity contribution in [3.63, 3.8) is 0 Å². The number of anilines is 2. The minimum atomic E-state index is -0.567. The Morgan fingerprint density at radius 3 is 2.29 bits per heavy atom. The minimum absolute atomic E-state index is 0.0406. The van der Waals surface area contributed by atoms with Crippen LogP contribution in [0.2, 0.25) is 10.0 Å². The van der Waals surface area contributed by atoms with Crippen LogP contribution in [0.3, 0.4) is 0 Å².